The van der Waals surface area contributed by atoms with Crippen LogP contribution in [0.4, 0.5) is 5.69 Å². The van der Waals surface area contributed by atoms with Crippen LogP contribution >= 0.6 is 11.6 Å². The highest BCUT2D eigenvalue weighted by Gasteiger charge is 2.14. The summed E-state index contributed by atoms with van der Waals surface area (Å²) in [6.45, 7) is 3.84. The van der Waals surface area contributed by atoms with E-state index in [0.717, 1.165) is 11.1 Å². The van der Waals surface area contributed by atoms with Gasteiger partial charge >= 0.3 is 0 Å². The maximum atomic E-state index is 12.3. The molecular weight excluding hydrogens is 272 g/mol. The second-order valence-corrected chi connectivity index (χ2v) is 5.28. The third-order valence-corrected chi connectivity index (χ3v) is 3.38. The summed E-state index contributed by atoms with van der Waals surface area (Å²) in [5.41, 5.74) is 8.78. The molecule has 3 N–H and O–H groups in total. The van der Waals surface area contributed by atoms with Crippen LogP contribution in [-0.2, 0) is 0 Å². The molecular formula is C16H17ClN2O. The van der Waals surface area contributed by atoms with Gasteiger partial charge in [0.25, 0.3) is 5.91 Å². The molecule has 0 heterocycles. The molecule has 0 saturated heterocycles. The molecule has 0 radical (unpaired) electrons. The number of nitrogen functional groups attached to an aromatic ring is 1. The molecule has 2 rings (SSSR count). The Balaban J connectivity index is 2.17. The van der Waals surface area contributed by atoms with Gasteiger partial charge in [-0.15, -0.1) is 0 Å². The Morgan fingerprint density at radius 1 is 1.25 bits per heavy atom. The van der Waals surface area contributed by atoms with E-state index in [9.17, 15) is 4.79 Å². The normalized spacial score (nSPS) is 11.9. The van der Waals surface area contributed by atoms with Crippen LogP contribution in [-0.4, -0.2) is 5.91 Å². The van der Waals surface area contributed by atoms with Crippen molar-refractivity contribution >= 4 is 23.2 Å². The molecule has 0 aliphatic heterocycles. The van der Waals surface area contributed by atoms with Crippen LogP contribution in [0, 0.1) is 6.92 Å². The van der Waals surface area contributed by atoms with E-state index in [-0.39, 0.29) is 11.9 Å². The fraction of sp³-hybridized carbons (Fsp3) is 0.188. The molecule has 2 aromatic carbocycles. The Labute approximate surface area is 123 Å². The number of carbonyl (C=O) groups excluding carboxylic acids is 1. The molecule has 0 bridgehead atoms. The van der Waals surface area contributed by atoms with E-state index in [1.54, 1.807) is 18.2 Å². The minimum absolute atomic E-state index is 0.138. The first-order valence-corrected chi connectivity index (χ1v) is 6.77. The Bertz CT molecular complexity index is 640. The number of halogens is 1. The monoisotopic (exact) mass is 288 g/mol. The predicted octanol–water partition coefficient (Wildman–Crippen LogP) is 3.72. The molecule has 0 unspecified atom stereocenters. The van der Waals surface area contributed by atoms with Gasteiger partial charge in [0.2, 0.25) is 0 Å². The highest BCUT2D eigenvalue weighted by molar-refractivity contribution is 6.30. The molecule has 104 valence electrons. The molecule has 4 heteroatoms. The van der Waals surface area contributed by atoms with Crippen LogP contribution in [0.2, 0.25) is 5.02 Å². The number of carbonyl (C=O) groups is 1. The van der Waals surface area contributed by atoms with Gasteiger partial charge in [-0.3, -0.25) is 4.79 Å². The molecule has 0 saturated carbocycles. The Hall–Kier alpha value is -2.00. The molecule has 20 heavy (non-hydrogen) atoms. The van der Waals surface area contributed by atoms with Gasteiger partial charge in [0.1, 0.15) is 0 Å². The smallest absolute Gasteiger partial charge is 0.253 e. The van der Waals surface area contributed by atoms with E-state index in [2.05, 4.69) is 5.32 Å². The fourth-order valence-corrected chi connectivity index (χ4v) is 2.20. The van der Waals surface area contributed by atoms with Crippen LogP contribution in [0.25, 0.3) is 0 Å². The number of rotatable bonds is 3. The highest BCUT2D eigenvalue weighted by atomic mass is 35.5. The zero-order valence-corrected chi connectivity index (χ0v) is 12.2. The maximum absolute atomic E-state index is 12.3. The lowest BCUT2D eigenvalue weighted by atomic mass is 10.1. The summed E-state index contributed by atoms with van der Waals surface area (Å²) in [4.78, 5) is 12.3. The molecule has 3 nitrogen and oxygen atoms in total. The number of amides is 1. The van der Waals surface area contributed by atoms with Crippen LogP contribution < -0.4 is 11.1 Å². The minimum atomic E-state index is -0.182. The summed E-state index contributed by atoms with van der Waals surface area (Å²) in [5.74, 6) is -0.182. The Morgan fingerprint density at radius 2 is 2.00 bits per heavy atom. The van der Waals surface area contributed by atoms with Crippen LogP contribution in [0.15, 0.2) is 42.5 Å². The van der Waals surface area contributed by atoms with Crippen molar-refractivity contribution in [1.29, 1.82) is 0 Å². The Kier molecular flexibility index (Phi) is 4.30. The number of anilines is 1. The average molecular weight is 289 g/mol. The van der Waals surface area contributed by atoms with Crippen molar-refractivity contribution in [3.63, 3.8) is 0 Å². The zero-order valence-electron chi connectivity index (χ0n) is 11.5. The summed E-state index contributed by atoms with van der Waals surface area (Å²) >= 11 is 5.96. The molecule has 0 spiro atoms. The van der Waals surface area contributed by atoms with Crippen molar-refractivity contribution in [2.24, 2.45) is 0 Å². The summed E-state index contributed by atoms with van der Waals surface area (Å²) in [6.07, 6.45) is 0. The van der Waals surface area contributed by atoms with Gasteiger partial charge in [0, 0.05) is 10.7 Å². The van der Waals surface area contributed by atoms with E-state index in [1.165, 1.54) is 0 Å². The third-order valence-electron chi connectivity index (χ3n) is 3.15. The first-order chi connectivity index (χ1) is 9.47. The second-order valence-electron chi connectivity index (χ2n) is 4.84. The predicted molar refractivity (Wildman–Crippen MR) is 82.9 cm³/mol. The third kappa shape index (κ3) is 3.31. The van der Waals surface area contributed by atoms with E-state index >= 15 is 0 Å². The van der Waals surface area contributed by atoms with Crippen molar-refractivity contribution in [1.82, 2.24) is 5.32 Å². The van der Waals surface area contributed by atoms with Crippen molar-refractivity contribution < 1.29 is 4.79 Å². The molecule has 0 aliphatic carbocycles. The SMILES string of the molecule is Cc1ccc(N)c(C(=O)N[C@@H](C)c2cccc(Cl)c2)c1. The highest BCUT2D eigenvalue weighted by Crippen LogP contribution is 2.19. The number of hydrogen-bond acceptors (Lipinski definition) is 2. The number of benzene rings is 2. The molecule has 1 amide bonds. The molecule has 1 atom stereocenters. The number of nitrogens with two attached hydrogens (primary N) is 1. The molecule has 2 aromatic rings. The molecule has 0 aromatic heterocycles. The standard InChI is InChI=1S/C16H17ClN2O/c1-10-6-7-15(18)14(8-10)16(20)19-11(2)12-4-3-5-13(17)9-12/h3-9,11H,18H2,1-2H3,(H,19,20)/t11-/m0/s1. The van der Waals surface area contributed by atoms with Gasteiger partial charge in [-0.2, -0.15) is 0 Å². The van der Waals surface area contributed by atoms with E-state index in [1.807, 2.05) is 38.1 Å². The second kappa shape index (κ2) is 5.97. The summed E-state index contributed by atoms with van der Waals surface area (Å²) in [7, 11) is 0. The fourth-order valence-electron chi connectivity index (χ4n) is 2.00. The van der Waals surface area contributed by atoms with E-state index < -0.39 is 0 Å². The lowest BCUT2D eigenvalue weighted by Crippen LogP contribution is -2.27. The van der Waals surface area contributed by atoms with Gasteiger partial charge < -0.3 is 11.1 Å². The number of hydrogen-bond donors (Lipinski definition) is 2. The van der Waals surface area contributed by atoms with Crippen molar-refractivity contribution in [3.05, 3.63) is 64.2 Å². The van der Waals surface area contributed by atoms with Gasteiger partial charge in [-0.25, -0.2) is 0 Å². The summed E-state index contributed by atoms with van der Waals surface area (Å²) < 4.78 is 0. The van der Waals surface area contributed by atoms with Crippen molar-refractivity contribution in [2.45, 2.75) is 19.9 Å². The first kappa shape index (κ1) is 14.4. The van der Waals surface area contributed by atoms with Gasteiger partial charge in [0.05, 0.1) is 11.6 Å². The largest absolute Gasteiger partial charge is 0.398 e. The summed E-state index contributed by atoms with van der Waals surface area (Å²) in [6, 6.07) is 12.7. The lowest BCUT2D eigenvalue weighted by Gasteiger charge is -2.15. The van der Waals surface area contributed by atoms with E-state index in [4.69, 9.17) is 17.3 Å². The van der Waals surface area contributed by atoms with E-state index in [0.29, 0.717) is 16.3 Å². The van der Waals surface area contributed by atoms with Crippen LogP contribution in [0.3, 0.4) is 0 Å². The minimum Gasteiger partial charge on any atom is -0.398 e. The maximum Gasteiger partial charge on any atom is 0.253 e. The van der Waals surface area contributed by atoms with Crippen LogP contribution in [0.1, 0.15) is 34.5 Å². The van der Waals surface area contributed by atoms with Gasteiger partial charge in [-0.1, -0.05) is 35.4 Å². The molecule has 0 aliphatic rings. The van der Waals surface area contributed by atoms with Crippen LogP contribution in [0.5, 0.6) is 0 Å². The molecule has 0 fully saturated rings. The summed E-state index contributed by atoms with van der Waals surface area (Å²) in [5, 5.41) is 3.58. The Morgan fingerprint density at radius 3 is 2.70 bits per heavy atom. The topological polar surface area (TPSA) is 55.1 Å². The van der Waals surface area contributed by atoms with Gasteiger partial charge in [-0.05, 0) is 43.7 Å². The number of nitrogens with one attached hydrogen (secondary N) is 1. The van der Waals surface area contributed by atoms with Crippen molar-refractivity contribution in [3.8, 4) is 0 Å². The quantitative estimate of drug-likeness (QED) is 0.846. The van der Waals surface area contributed by atoms with Crippen molar-refractivity contribution in [2.75, 3.05) is 5.73 Å². The average Bonchev–Trinajstić information content (AvgIpc) is 2.41. The number of aryl methyl sites for hydroxylation is 1. The lowest BCUT2D eigenvalue weighted by molar-refractivity contribution is 0.0940. The first-order valence-electron chi connectivity index (χ1n) is 6.40. The zero-order chi connectivity index (χ0) is 14.7. The van der Waals surface area contributed by atoms with Gasteiger partial charge in [0.15, 0.2) is 0 Å².